The molecule has 0 amide bonds. The van der Waals surface area contributed by atoms with Crippen molar-refractivity contribution in [2.75, 3.05) is 0 Å². The molecule has 0 saturated heterocycles. The average molecular weight is 279 g/mol. The second kappa shape index (κ2) is 4.19. The molecule has 1 aromatic carbocycles. The first-order valence-corrected chi connectivity index (χ1v) is 7.96. The third-order valence-electron chi connectivity index (χ3n) is 5.76. The monoisotopic (exact) mass is 279 g/mol. The molecule has 1 heteroatoms. The number of fused-ring (bicyclic) bond motifs is 5. The van der Waals surface area contributed by atoms with Crippen molar-refractivity contribution in [3.05, 3.63) is 53.2 Å². The Balaban J connectivity index is 1.96. The summed E-state index contributed by atoms with van der Waals surface area (Å²) in [6.07, 6.45) is 4.45. The molecule has 4 rings (SSSR count). The van der Waals surface area contributed by atoms with E-state index in [1.54, 1.807) is 0 Å². The third-order valence-corrected chi connectivity index (χ3v) is 5.76. The number of pyridine rings is 1. The van der Waals surface area contributed by atoms with Crippen LogP contribution in [0.3, 0.4) is 0 Å². The lowest BCUT2D eigenvalue weighted by atomic mass is 9.80. The number of hydrogen-bond acceptors (Lipinski definition) is 0. The van der Waals surface area contributed by atoms with Gasteiger partial charge in [0.05, 0.1) is 0 Å². The van der Waals surface area contributed by atoms with E-state index in [0.29, 0.717) is 5.92 Å². The van der Waals surface area contributed by atoms with Crippen molar-refractivity contribution in [1.82, 2.24) is 0 Å². The lowest BCUT2D eigenvalue weighted by Crippen LogP contribution is -2.32. The van der Waals surface area contributed by atoms with Crippen molar-refractivity contribution in [2.24, 2.45) is 12.5 Å². The highest BCUT2D eigenvalue weighted by molar-refractivity contribution is 5.63. The number of nitrogens with zero attached hydrogens (tertiary/aromatic N) is 1. The van der Waals surface area contributed by atoms with Crippen LogP contribution in [0, 0.1) is 12.3 Å². The minimum atomic E-state index is -0.418. The average Bonchev–Trinajstić information content (AvgIpc) is 2.79. The molecule has 1 fully saturated rings. The van der Waals surface area contributed by atoms with Gasteiger partial charge in [0.1, 0.15) is 7.05 Å². The zero-order valence-electron chi connectivity index (χ0n) is 14.4. The van der Waals surface area contributed by atoms with Gasteiger partial charge in [0, 0.05) is 18.6 Å². The highest BCUT2D eigenvalue weighted by Crippen LogP contribution is 2.64. The van der Waals surface area contributed by atoms with E-state index in [1.165, 1.54) is 27.9 Å². The van der Waals surface area contributed by atoms with E-state index in [0.717, 1.165) is 12.8 Å². The first-order chi connectivity index (χ1) is 10.4. The van der Waals surface area contributed by atoms with E-state index in [9.17, 15) is 0 Å². The second-order valence-corrected chi connectivity index (χ2v) is 7.25. The van der Waals surface area contributed by atoms with Gasteiger partial charge in [-0.25, -0.2) is 4.57 Å². The molecule has 1 saturated carbocycles. The zero-order chi connectivity index (χ0) is 15.7. The molecule has 108 valence electrons. The van der Waals surface area contributed by atoms with Crippen molar-refractivity contribution in [3.63, 3.8) is 0 Å². The number of hydrogen-bond donors (Lipinski definition) is 0. The normalized spacial score (nSPS) is 29.3. The predicted molar refractivity (Wildman–Crippen MR) is 86.3 cm³/mol. The molecule has 1 nitrogen and oxygen atoms in total. The van der Waals surface area contributed by atoms with Gasteiger partial charge in [-0.05, 0) is 54.2 Å². The van der Waals surface area contributed by atoms with Crippen LogP contribution in [0.15, 0.2) is 36.5 Å². The molecule has 2 aliphatic rings. The van der Waals surface area contributed by atoms with Crippen LogP contribution >= 0.6 is 0 Å². The van der Waals surface area contributed by atoms with Crippen LogP contribution in [-0.2, 0) is 7.05 Å². The molecule has 1 aromatic heterocycles. The molecule has 0 spiro atoms. The summed E-state index contributed by atoms with van der Waals surface area (Å²) >= 11 is 0. The highest BCUT2D eigenvalue weighted by Gasteiger charge is 2.52. The van der Waals surface area contributed by atoms with Gasteiger partial charge >= 0.3 is 0 Å². The van der Waals surface area contributed by atoms with Crippen LogP contribution in [0.4, 0.5) is 0 Å². The van der Waals surface area contributed by atoms with Crippen LogP contribution in [0.1, 0.15) is 56.6 Å². The molecule has 2 unspecified atom stereocenters. The van der Waals surface area contributed by atoms with Gasteiger partial charge in [-0.3, -0.25) is 0 Å². The van der Waals surface area contributed by atoms with Gasteiger partial charge < -0.3 is 0 Å². The molecule has 2 bridgehead atoms. The SMILES string of the molecule is [2H]C12CCC(c3c[n+](C)c(-c4ccccc4C)cc31)C2(C)C. The Bertz CT molecular complexity index is 777. The van der Waals surface area contributed by atoms with E-state index in [1.807, 2.05) is 0 Å². The Morgan fingerprint density at radius 1 is 1.19 bits per heavy atom. The number of rotatable bonds is 1. The van der Waals surface area contributed by atoms with Crippen LogP contribution in [0.25, 0.3) is 11.3 Å². The van der Waals surface area contributed by atoms with Gasteiger partial charge in [-0.15, -0.1) is 0 Å². The summed E-state index contributed by atoms with van der Waals surface area (Å²) in [5.74, 6) is 0.121. The van der Waals surface area contributed by atoms with Crippen LogP contribution in [-0.4, -0.2) is 0 Å². The molecule has 21 heavy (non-hydrogen) atoms. The Labute approximate surface area is 129 Å². The molecule has 0 radical (unpaired) electrons. The van der Waals surface area contributed by atoms with Crippen molar-refractivity contribution >= 4 is 0 Å². The maximum Gasteiger partial charge on any atom is 0.212 e. The summed E-state index contributed by atoms with van der Waals surface area (Å²) in [6.45, 7) is 6.73. The quantitative estimate of drug-likeness (QED) is 0.677. The van der Waals surface area contributed by atoms with E-state index in [4.69, 9.17) is 1.37 Å². The summed E-state index contributed by atoms with van der Waals surface area (Å²) in [5, 5.41) is 0. The molecule has 2 atom stereocenters. The maximum atomic E-state index is 9.13. The summed E-state index contributed by atoms with van der Waals surface area (Å²) in [4.78, 5) is 0. The lowest BCUT2D eigenvalue weighted by Gasteiger charge is -2.23. The summed E-state index contributed by atoms with van der Waals surface area (Å²) < 4.78 is 11.4. The third kappa shape index (κ3) is 1.67. The second-order valence-electron chi connectivity index (χ2n) is 7.25. The largest absolute Gasteiger partial charge is 0.212 e. The van der Waals surface area contributed by atoms with E-state index >= 15 is 0 Å². The minimum absolute atomic E-state index is 0.0483. The van der Waals surface area contributed by atoms with Crippen molar-refractivity contribution in [1.29, 1.82) is 0 Å². The fraction of sp³-hybridized carbons (Fsp3) is 0.450. The smallest absolute Gasteiger partial charge is 0.201 e. The highest BCUT2D eigenvalue weighted by atomic mass is 14.9. The summed E-state index contributed by atoms with van der Waals surface area (Å²) in [6, 6.07) is 10.8. The lowest BCUT2D eigenvalue weighted by molar-refractivity contribution is -0.660. The molecule has 0 N–H and O–H groups in total. The zero-order valence-corrected chi connectivity index (χ0v) is 13.4. The number of aryl methyl sites for hydroxylation is 2. The Morgan fingerprint density at radius 2 is 1.95 bits per heavy atom. The van der Waals surface area contributed by atoms with Crippen LogP contribution in [0.2, 0.25) is 0 Å². The summed E-state index contributed by atoms with van der Waals surface area (Å²) in [7, 11) is 2.14. The van der Waals surface area contributed by atoms with Gasteiger partial charge in [-0.2, -0.15) is 0 Å². The van der Waals surface area contributed by atoms with E-state index in [-0.39, 0.29) is 5.41 Å². The first kappa shape index (κ1) is 12.0. The molecule has 1 heterocycles. The van der Waals surface area contributed by atoms with Crippen molar-refractivity contribution in [3.8, 4) is 11.3 Å². The molecule has 2 aliphatic carbocycles. The van der Waals surface area contributed by atoms with Crippen LogP contribution < -0.4 is 4.57 Å². The molecule has 2 aromatic rings. The van der Waals surface area contributed by atoms with Crippen LogP contribution in [0.5, 0.6) is 0 Å². The Morgan fingerprint density at radius 3 is 2.71 bits per heavy atom. The Hall–Kier alpha value is -1.63. The van der Waals surface area contributed by atoms with E-state index < -0.39 is 5.89 Å². The standard InChI is InChI=1S/C20H24N/c1-13-7-5-6-8-14(13)19-11-15-16(12-21(19)4)18-10-9-17(15)20(18,2)3/h5-8,11-12,17-18H,9-10H2,1-4H3/q+1/i17D. The van der Waals surface area contributed by atoms with Gasteiger partial charge in [0.25, 0.3) is 0 Å². The fourth-order valence-electron chi connectivity index (χ4n) is 4.54. The fourth-order valence-corrected chi connectivity index (χ4v) is 4.54. The summed E-state index contributed by atoms with van der Waals surface area (Å²) in [5.41, 5.74) is 6.52. The van der Waals surface area contributed by atoms with Gasteiger partial charge in [0.2, 0.25) is 5.69 Å². The topological polar surface area (TPSA) is 3.88 Å². The predicted octanol–water partition coefficient (Wildman–Crippen LogP) is 4.49. The molecular formula is C20H24N+. The molecular weight excluding hydrogens is 254 g/mol. The number of aromatic nitrogens is 1. The molecule has 0 aliphatic heterocycles. The Kier molecular flexibility index (Phi) is 2.39. The van der Waals surface area contributed by atoms with Gasteiger partial charge in [-0.1, -0.05) is 32.0 Å². The van der Waals surface area contributed by atoms with Gasteiger partial charge in [0.15, 0.2) is 6.20 Å². The number of benzene rings is 1. The minimum Gasteiger partial charge on any atom is -0.201 e. The van der Waals surface area contributed by atoms with Crippen molar-refractivity contribution in [2.45, 2.75) is 45.4 Å². The maximum absolute atomic E-state index is 9.13. The van der Waals surface area contributed by atoms with E-state index in [2.05, 4.69) is 68.9 Å². The van der Waals surface area contributed by atoms with Crippen molar-refractivity contribution < 1.29 is 5.94 Å². The first-order valence-electron chi connectivity index (χ1n) is 8.46.